The van der Waals surface area contributed by atoms with Crippen molar-refractivity contribution in [2.45, 2.75) is 32.2 Å². The quantitative estimate of drug-likeness (QED) is 0.727. The summed E-state index contributed by atoms with van der Waals surface area (Å²) in [5, 5.41) is 6.41. The number of anilines is 1. The molecule has 1 amide bonds. The van der Waals surface area contributed by atoms with Crippen molar-refractivity contribution in [2.24, 2.45) is 0 Å². The third kappa shape index (κ3) is 3.33. The molecule has 0 bridgehead atoms. The zero-order chi connectivity index (χ0) is 17.2. The summed E-state index contributed by atoms with van der Waals surface area (Å²) in [5.41, 5.74) is 3.91. The van der Waals surface area contributed by atoms with E-state index in [0.29, 0.717) is 19.0 Å². The van der Waals surface area contributed by atoms with E-state index in [9.17, 15) is 4.79 Å². The Morgan fingerprint density at radius 1 is 1.32 bits per heavy atom. The second-order valence-electron chi connectivity index (χ2n) is 6.45. The van der Waals surface area contributed by atoms with Crippen molar-refractivity contribution in [3.8, 4) is 11.3 Å². The van der Waals surface area contributed by atoms with E-state index in [-0.39, 0.29) is 5.91 Å². The molecule has 6 heteroatoms. The molecule has 0 radical (unpaired) electrons. The highest BCUT2D eigenvalue weighted by atomic mass is 16.1. The topological polar surface area (TPSA) is 71.3 Å². The van der Waals surface area contributed by atoms with E-state index in [1.54, 1.807) is 12.4 Å². The molecule has 0 spiro atoms. The third-order valence-corrected chi connectivity index (χ3v) is 4.42. The highest BCUT2D eigenvalue weighted by Crippen LogP contribution is 2.30. The maximum absolute atomic E-state index is 11.9. The van der Waals surface area contributed by atoms with Crippen LogP contribution >= 0.6 is 0 Å². The molecule has 0 atom stereocenters. The van der Waals surface area contributed by atoms with Gasteiger partial charge in [0.05, 0.1) is 6.20 Å². The van der Waals surface area contributed by atoms with Crippen LogP contribution in [-0.4, -0.2) is 32.9 Å². The van der Waals surface area contributed by atoms with Gasteiger partial charge in [-0.05, 0) is 25.3 Å². The summed E-state index contributed by atoms with van der Waals surface area (Å²) in [4.78, 5) is 20.8. The number of nitrogens with one attached hydrogen (secondary N) is 2. The first-order chi connectivity index (χ1) is 12.2. The summed E-state index contributed by atoms with van der Waals surface area (Å²) in [6.07, 6.45) is 8.03. The maximum Gasteiger partial charge on any atom is 0.221 e. The molecule has 2 aromatic heterocycles. The van der Waals surface area contributed by atoms with Crippen LogP contribution in [0.25, 0.3) is 16.9 Å². The van der Waals surface area contributed by atoms with Gasteiger partial charge in [0.1, 0.15) is 11.5 Å². The highest BCUT2D eigenvalue weighted by Gasteiger charge is 2.23. The molecule has 2 N–H and O–H groups in total. The van der Waals surface area contributed by atoms with Gasteiger partial charge >= 0.3 is 0 Å². The molecule has 2 heterocycles. The minimum Gasteiger partial charge on any atom is -0.369 e. The Labute approximate surface area is 146 Å². The number of aryl methyl sites for hydroxylation is 1. The summed E-state index contributed by atoms with van der Waals surface area (Å²) in [6, 6.07) is 8.57. The average Bonchev–Trinajstić information content (AvgIpc) is 3.35. The number of amides is 1. The summed E-state index contributed by atoms with van der Waals surface area (Å²) in [7, 11) is 0. The molecule has 1 fully saturated rings. The number of hydrogen-bond donors (Lipinski definition) is 2. The van der Waals surface area contributed by atoms with E-state index in [0.717, 1.165) is 41.1 Å². The summed E-state index contributed by atoms with van der Waals surface area (Å²) in [5.74, 6) is 0.994. The Kier molecular flexibility index (Phi) is 4.09. The molecule has 25 heavy (non-hydrogen) atoms. The van der Waals surface area contributed by atoms with Crippen molar-refractivity contribution in [3.63, 3.8) is 0 Å². The largest absolute Gasteiger partial charge is 0.369 e. The van der Waals surface area contributed by atoms with Gasteiger partial charge in [-0.3, -0.25) is 14.2 Å². The van der Waals surface area contributed by atoms with E-state index in [2.05, 4.69) is 34.7 Å². The minimum absolute atomic E-state index is 0.0999. The van der Waals surface area contributed by atoms with Crippen LogP contribution in [-0.2, 0) is 4.79 Å². The molecule has 1 aliphatic rings. The Hall–Kier alpha value is -2.89. The number of hydrogen-bond acceptors (Lipinski definition) is 4. The molecule has 6 nitrogen and oxygen atoms in total. The number of carbonyl (C=O) groups is 1. The fourth-order valence-electron chi connectivity index (χ4n) is 2.92. The van der Waals surface area contributed by atoms with E-state index >= 15 is 0 Å². The number of aromatic nitrogens is 3. The Morgan fingerprint density at radius 2 is 2.16 bits per heavy atom. The number of fused-ring (bicyclic) bond motifs is 1. The van der Waals surface area contributed by atoms with Crippen LogP contribution < -0.4 is 10.6 Å². The normalized spacial score (nSPS) is 13.8. The molecule has 128 valence electrons. The van der Waals surface area contributed by atoms with Crippen LogP contribution in [0.4, 0.5) is 5.82 Å². The van der Waals surface area contributed by atoms with Gasteiger partial charge in [0.25, 0.3) is 0 Å². The number of benzene rings is 1. The van der Waals surface area contributed by atoms with Crippen molar-refractivity contribution in [3.05, 3.63) is 48.4 Å². The first-order valence-electron chi connectivity index (χ1n) is 8.63. The van der Waals surface area contributed by atoms with Crippen LogP contribution in [0.3, 0.4) is 0 Å². The van der Waals surface area contributed by atoms with Gasteiger partial charge in [-0.15, -0.1) is 0 Å². The zero-order valence-electron chi connectivity index (χ0n) is 14.2. The smallest absolute Gasteiger partial charge is 0.221 e. The van der Waals surface area contributed by atoms with Gasteiger partial charge in [0.15, 0.2) is 5.65 Å². The fourth-order valence-corrected chi connectivity index (χ4v) is 2.92. The average molecular weight is 335 g/mol. The van der Waals surface area contributed by atoms with Crippen LogP contribution in [0.15, 0.2) is 42.9 Å². The monoisotopic (exact) mass is 335 g/mol. The first kappa shape index (κ1) is 15.6. The maximum atomic E-state index is 11.9. The minimum atomic E-state index is 0.0999. The van der Waals surface area contributed by atoms with Gasteiger partial charge in [0, 0.05) is 37.0 Å². The summed E-state index contributed by atoms with van der Waals surface area (Å²) >= 11 is 0. The molecule has 0 aliphatic heterocycles. The van der Waals surface area contributed by atoms with E-state index in [1.165, 1.54) is 0 Å². The van der Waals surface area contributed by atoms with Crippen molar-refractivity contribution in [2.75, 3.05) is 11.9 Å². The lowest BCUT2D eigenvalue weighted by molar-refractivity contribution is -0.120. The molecular formula is C19H21N5O. The van der Waals surface area contributed by atoms with Gasteiger partial charge in [-0.1, -0.05) is 24.3 Å². The lowest BCUT2D eigenvalue weighted by Crippen LogP contribution is -2.27. The van der Waals surface area contributed by atoms with Gasteiger partial charge in [-0.2, -0.15) is 0 Å². The Morgan fingerprint density at radius 3 is 2.96 bits per heavy atom. The van der Waals surface area contributed by atoms with Crippen molar-refractivity contribution < 1.29 is 4.79 Å². The van der Waals surface area contributed by atoms with Crippen molar-refractivity contribution in [1.29, 1.82) is 0 Å². The third-order valence-electron chi connectivity index (χ3n) is 4.42. The fraction of sp³-hybridized carbons (Fsp3) is 0.316. The lowest BCUT2D eigenvalue weighted by Gasteiger charge is -2.10. The van der Waals surface area contributed by atoms with E-state index < -0.39 is 0 Å². The predicted octanol–water partition coefficient (Wildman–Crippen LogP) is 2.79. The summed E-state index contributed by atoms with van der Waals surface area (Å²) in [6.45, 7) is 2.64. The molecule has 3 aromatic rings. The van der Waals surface area contributed by atoms with E-state index in [1.807, 2.05) is 22.7 Å². The Balaban J connectivity index is 1.60. The number of rotatable bonds is 6. The predicted molar refractivity (Wildman–Crippen MR) is 97.4 cm³/mol. The molecular weight excluding hydrogens is 314 g/mol. The second kappa shape index (κ2) is 6.55. The molecule has 0 unspecified atom stereocenters. The van der Waals surface area contributed by atoms with Crippen LogP contribution in [0, 0.1) is 6.92 Å². The van der Waals surface area contributed by atoms with E-state index in [4.69, 9.17) is 4.98 Å². The van der Waals surface area contributed by atoms with Crippen molar-refractivity contribution in [1.82, 2.24) is 19.7 Å². The summed E-state index contributed by atoms with van der Waals surface area (Å²) < 4.78 is 1.98. The first-order valence-corrected chi connectivity index (χ1v) is 8.63. The molecule has 1 saturated carbocycles. The van der Waals surface area contributed by atoms with Crippen LogP contribution in [0.2, 0.25) is 0 Å². The molecule has 4 rings (SSSR count). The SMILES string of the molecule is Cc1ccccc1-c1nc2cnccn2c1NCCC(=O)NC1CC1. The number of nitrogens with zero attached hydrogens (tertiary/aromatic N) is 3. The Bertz CT molecular complexity index is 913. The number of imidazole rings is 1. The van der Waals surface area contributed by atoms with Crippen molar-refractivity contribution >= 4 is 17.4 Å². The van der Waals surface area contributed by atoms with Crippen LogP contribution in [0.5, 0.6) is 0 Å². The van der Waals surface area contributed by atoms with Crippen LogP contribution in [0.1, 0.15) is 24.8 Å². The zero-order valence-corrected chi connectivity index (χ0v) is 14.2. The van der Waals surface area contributed by atoms with Gasteiger partial charge < -0.3 is 10.6 Å². The molecule has 0 saturated heterocycles. The molecule has 1 aromatic carbocycles. The lowest BCUT2D eigenvalue weighted by atomic mass is 10.1. The number of carbonyl (C=O) groups excluding carboxylic acids is 1. The highest BCUT2D eigenvalue weighted by molar-refractivity contribution is 5.80. The van der Waals surface area contributed by atoms with Gasteiger partial charge in [-0.25, -0.2) is 4.98 Å². The molecule has 1 aliphatic carbocycles. The standard InChI is InChI=1S/C19H21N5O/c1-13-4-2-3-5-15(13)18-19(24-11-10-20-12-16(24)23-18)21-9-8-17(25)22-14-6-7-14/h2-5,10-12,14,21H,6-9H2,1H3,(H,22,25). The second-order valence-corrected chi connectivity index (χ2v) is 6.45. The van der Waals surface area contributed by atoms with Gasteiger partial charge in [0.2, 0.25) is 5.91 Å².